The number of benzene rings is 1. The molecule has 1 aromatic carbocycles. The predicted molar refractivity (Wildman–Crippen MR) is 62.4 cm³/mol. The molecule has 0 saturated carbocycles. The predicted octanol–water partition coefficient (Wildman–Crippen LogP) is 2.72. The number of hydrogen-bond donors (Lipinski definition) is 0. The van der Waals surface area contributed by atoms with Crippen molar-refractivity contribution in [1.29, 1.82) is 0 Å². The standard InChI is InChI=1S/C13H13NO2/c1-3-16-13(15)10-6-7-14-12-5-4-9(2)8-11(10)12/h4-8H,3H2,1-2H3. The maximum absolute atomic E-state index is 11.7. The SMILES string of the molecule is CCOC(=O)c1ccnc2ccc(C)cc12. The largest absolute Gasteiger partial charge is 0.462 e. The molecule has 0 N–H and O–H groups in total. The first-order chi connectivity index (χ1) is 7.72. The molecular formula is C13H13NO2. The molecule has 16 heavy (non-hydrogen) atoms. The number of hydrogen-bond acceptors (Lipinski definition) is 3. The van der Waals surface area contributed by atoms with Crippen molar-refractivity contribution in [2.24, 2.45) is 0 Å². The number of aromatic nitrogens is 1. The molecule has 0 unspecified atom stereocenters. The number of aryl methyl sites for hydroxylation is 1. The van der Waals surface area contributed by atoms with Gasteiger partial charge in [0.15, 0.2) is 0 Å². The Morgan fingerprint density at radius 2 is 2.19 bits per heavy atom. The minimum absolute atomic E-state index is 0.291. The normalized spacial score (nSPS) is 10.4. The summed E-state index contributed by atoms with van der Waals surface area (Å²) < 4.78 is 5.01. The summed E-state index contributed by atoms with van der Waals surface area (Å²) in [6, 6.07) is 7.53. The summed E-state index contributed by atoms with van der Waals surface area (Å²) in [4.78, 5) is 15.9. The van der Waals surface area contributed by atoms with Crippen molar-refractivity contribution in [3.63, 3.8) is 0 Å². The smallest absolute Gasteiger partial charge is 0.338 e. The fourth-order valence-corrected chi connectivity index (χ4v) is 1.65. The van der Waals surface area contributed by atoms with Crippen LogP contribution in [0.1, 0.15) is 22.8 Å². The summed E-state index contributed by atoms with van der Waals surface area (Å²) >= 11 is 0. The molecule has 0 spiro atoms. The average molecular weight is 215 g/mol. The molecule has 0 atom stereocenters. The van der Waals surface area contributed by atoms with E-state index in [1.165, 1.54) is 0 Å². The molecule has 3 heteroatoms. The van der Waals surface area contributed by atoms with E-state index in [0.29, 0.717) is 12.2 Å². The van der Waals surface area contributed by atoms with Crippen LogP contribution in [0.15, 0.2) is 30.5 Å². The Kier molecular flexibility index (Phi) is 2.86. The molecule has 0 radical (unpaired) electrons. The Labute approximate surface area is 94.1 Å². The second kappa shape index (κ2) is 4.31. The summed E-state index contributed by atoms with van der Waals surface area (Å²) in [7, 11) is 0. The monoisotopic (exact) mass is 215 g/mol. The van der Waals surface area contributed by atoms with Gasteiger partial charge in [0.05, 0.1) is 17.7 Å². The molecule has 0 bridgehead atoms. The van der Waals surface area contributed by atoms with E-state index in [9.17, 15) is 4.79 Å². The second-order valence-electron chi connectivity index (χ2n) is 3.60. The second-order valence-corrected chi connectivity index (χ2v) is 3.60. The van der Waals surface area contributed by atoms with Crippen molar-refractivity contribution in [2.75, 3.05) is 6.61 Å². The highest BCUT2D eigenvalue weighted by Crippen LogP contribution is 2.18. The van der Waals surface area contributed by atoms with E-state index in [1.54, 1.807) is 19.2 Å². The summed E-state index contributed by atoms with van der Waals surface area (Å²) in [5, 5.41) is 0.848. The van der Waals surface area contributed by atoms with Crippen LogP contribution in [-0.2, 0) is 4.74 Å². The highest BCUT2D eigenvalue weighted by Gasteiger charge is 2.11. The van der Waals surface area contributed by atoms with Gasteiger partial charge in [0.25, 0.3) is 0 Å². The number of pyridine rings is 1. The molecule has 0 aliphatic rings. The fourth-order valence-electron chi connectivity index (χ4n) is 1.65. The first kappa shape index (κ1) is 10.6. The van der Waals surface area contributed by atoms with Gasteiger partial charge in [-0.25, -0.2) is 4.79 Å². The van der Waals surface area contributed by atoms with Crippen molar-refractivity contribution < 1.29 is 9.53 Å². The molecule has 82 valence electrons. The summed E-state index contributed by atoms with van der Waals surface area (Å²) in [6.07, 6.45) is 1.63. The van der Waals surface area contributed by atoms with Gasteiger partial charge < -0.3 is 4.74 Å². The molecular weight excluding hydrogens is 202 g/mol. The van der Waals surface area contributed by atoms with Crippen molar-refractivity contribution in [2.45, 2.75) is 13.8 Å². The Bertz CT molecular complexity index is 534. The van der Waals surface area contributed by atoms with Crippen LogP contribution >= 0.6 is 0 Å². The van der Waals surface area contributed by atoms with E-state index >= 15 is 0 Å². The van der Waals surface area contributed by atoms with E-state index < -0.39 is 0 Å². The van der Waals surface area contributed by atoms with Crippen molar-refractivity contribution in [3.8, 4) is 0 Å². The van der Waals surface area contributed by atoms with Crippen molar-refractivity contribution in [3.05, 3.63) is 41.6 Å². The quantitative estimate of drug-likeness (QED) is 0.723. The maximum atomic E-state index is 11.7. The van der Waals surface area contributed by atoms with Crippen LogP contribution in [-0.4, -0.2) is 17.6 Å². The van der Waals surface area contributed by atoms with Crippen LogP contribution in [0, 0.1) is 6.92 Å². The van der Waals surface area contributed by atoms with Gasteiger partial charge in [-0.15, -0.1) is 0 Å². The molecule has 0 amide bonds. The van der Waals surface area contributed by atoms with Crippen molar-refractivity contribution in [1.82, 2.24) is 4.98 Å². The maximum Gasteiger partial charge on any atom is 0.338 e. The van der Waals surface area contributed by atoms with E-state index in [4.69, 9.17) is 4.74 Å². The number of carbonyl (C=O) groups excluding carboxylic acids is 1. The van der Waals surface area contributed by atoms with Crippen LogP contribution in [0.3, 0.4) is 0 Å². The van der Waals surface area contributed by atoms with Gasteiger partial charge in [-0.3, -0.25) is 4.98 Å². The Hall–Kier alpha value is -1.90. The lowest BCUT2D eigenvalue weighted by Crippen LogP contribution is -2.05. The van der Waals surface area contributed by atoms with Gasteiger partial charge in [-0.2, -0.15) is 0 Å². The zero-order chi connectivity index (χ0) is 11.5. The first-order valence-corrected chi connectivity index (χ1v) is 5.25. The Morgan fingerprint density at radius 1 is 1.38 bits per heavy atom. The zero-order valence-corrected chi connectivity index (χ0v) is 9.36. The van der Waals surface area contributed by atoms with Crippen LogP contribution < -0.4 is 0 Å². The van der Waals surface area contributed by atoms with Gasteiger partial charge in [-0.1, -0.05) is 11.6 Å². The van der Waals surface area contributed by atoms with Crippen LogP contribution in [0.4, 0.5) is 0 Å². The third kappa shape index (κ3) is 1.89. The lowest BCUT2D eigenvalue weighted by Gasteiger charge is -2.05. The van der Waals surface area contributed by atoms with Gasteiger partial charge >= 0.3 is 5.97 Å². The van der Waals surface area contributed by atoms with E-state index in [-0.39, 0.29) is 5.97 Å². The molecule has 2 aromatic rings. The van der Waals surface area contributed by atoms with E-state index in [0.717, 1.165) is 16.5 Å². The van der Waals surface area contributed by atoms with E-state index in [2.05, 4.69) is 4.98 Å². The average Bonchev–Trinajstić information content (AvgIpc) is 2.28. The lowest BCUT2D eigenvalue weighted by atomic mass is 10.1. The minimum atomic E-state index is -0.291. The number of ether oxygens (including phenoxy) is 1. The third-order valence-corrected chi connectivity index (χ3v) is 2.39. The zero-order valence-electron chi connectivity index (χ0n) is 9.36. The molecule has 0 fully saturated rings. The Balaban J connectivity index is 2.60. The van der Waals surface area contributed by atoms with Gasteiger partial charge in [-0.05, 0) is 32.0 Å². The van der Waals surface area contributed by atoms with Crippen LogP contribution in [0.25, 0.3) is 10.9 Å². The summed E-state index contributed by atoms with van der Waals surface area (Å²) in [6.45, 7) is 4.17. The molecule has 0 saturated heterocycles. The third-order valence-electron chi connectivity index (χ3n) is 2.39. The number of fused-ring (bicyclic) bond motifs is 1. The van der Waals surface area contributed by atoms with Crippen molar-refractivity contribution >= 4 is 16.9 Å². The number of carbonyl (C=O) groups is 1. The van der Waals surface area contributed by atoms with Gasteiger partial charge in [0.1, 0.15) is 0 Å². The minimum Gasteiger partial charge on any atom is -0.462 e. The molecule has 2 rings (SSSR count). The number of esters is 1. The lowest BCUT2D eigenvalue weighted by molar-refractivity contribution is 0.0528. The molecule has 3 nitrogen and oxygen atoms in total. The fraction of sp³-hybridized carbons (Fsp3) is 0.231. The number of nitrogens with zero attached hydrogens (tertiary/aromatic N) is 1. The molecule has 0 aliphatic carbocycles. The molecule has 1 heterocycles. The van der Waals surface area contributed by atoms with Gasteiger partial charge in [0, 0.05) is 11.6 Å². The topological polar surface area (TPSA) is 39.2 Å². The first-order valence-electron chi connectivity index (χ1n) is 5.25. The molecule has 0 aliphatic heterocycles. The highest BCUT2D eigenvalue weighted by atomic mass is 16.5. The summed E-state index contributed by atoms with van der Waals surface area (Å²) in [5.74, 6) is -0.291. The summed E-state index contributed by atoms with van der Waals surface area (Å²) in [5.41, 5.74) is 2.50. The van der Waals surface area contributed by atoms with Crippen LogP contribution in [0.2, 0.25) is 0 Å². The van der Waals surface area contributed by atoms with Crippen LogP contribution in [0.5, 0.6) is 0 Å². The molecule has 1 aromatic heterocycles. The van der Waals surface area contributed by atoms with Gasteiger partial charge in [0.2, 0.25) is 0 Å². The number of rotatable bonds is 2. The van der Waals surface area contributed by atoms with E-state index in [1.807, 2.05) is 25.1 Å². The Morgan fingerprint density at radius 3 is 2.94 bits per heavy atom. The highest BCUT2D eigenvalue weighted by molar-refractivity contribution is 6.03.